The van der Waals surface area contributed by atoms with Gasteiger partial charge in [0, 0.05) is 24.7 Å². The van der Waals surface area contributed by atoms with Crippen LogP contribution in [-0.2, 0) is 0 Å². The van der Waals surface area contributed by atoms with E-state index in [1.807, 2.05) is 24.2 Å². The normalized spacial score (nSPS) is 23.8. The Hall–Kier alpha value is -0.540. The lowest BCUT2D eigenvalue weighted by molar-refractivity contribution is 0.750. The first-order valence-corrected chi connectivity index (χ1v) is 4.76. The summed E-state index contributed by atoms with van der Waals surface area (Å²) >= 11 is 1.96. The molecule has 1 atom stereocenters. The van der Waals surface area contributed by atoms with E-state index in [0.717, 1.165) is 6.54 Å². The van der Waals surface area contributed by atoms with Crippen molar-refractivity contribution in [3.8, 4) is 0 Å². The largest absolute Gasteiger partial charge is 0.301 e. The van der Waals surface area contributed by atoms with Gasteiger partial charge in [0.15, 0.2) is 0 Å². The van der Waals surface area contributed by atoms with Crippen molar-refractivity contribution < 1.29 is 0 Å². The Bertz CT molecular complexity index is 219. The quantitative estimate of drug-likeness (QED) is 0.683. The lowest BCUT2D eigenvalue weighted by atomic mass is 10.3. The van der Waals surface area contributed by atoms with Gasteiger partial charge in [0.1, 0.15) is 0 Å². The van der Waals surface area contributed by atoms with Gasteiger partial charge in [0.2, 0.25) is 0 Å². The Morgan fingerprint density at radius 2 is 2.27 bits per heavy atom. The van der Waals surface area contributed by atoms with E-state index in [1.54, 1.807) is 0 Å². The summed E-state index contributed by atoms with van der Waals surface area (Å²) in [5.41, 5.74) is 1.34. The van der Waals surface area contributed by atoms with Gasteiger partial charge < -0.3 is 5.32 Å². The van der Waals surface area contributed by atoms with Gasteiger partial charge in [-0.15, -0.1) is 11.8 Å². The fourth-order valence-electron chi connectivity index (χ4n) is 1.18. The van der Waals surface area contributed by atoms with Gasteiger partial charge in [-0.05, 0) is 17.7 Å². The van der Waals surface area contributed by atoms with Gasteiger partial charge in [-0.1, -0.05) is 0 Å². The Balaban J connectivity index is 2.16. The van der Waals surface area contributed by atoms with Gasteiger partial charge in [-0.2, -0.15) is 0 Å². The van der Waals surface area contributed by atoms with Crippen LogP contribution in [0.3, 0.4) is 0 Å². The number of nitrogens with one attached hydrogen (secondary N) is 1. The van der Waals surface area contributed by atoms with E-state index >= 15 is 0 Å². The molecule has 2 heterocycles. The van der Waals surface area contributed by atoms with Crippen molar-refractivity contribution in [2.45, 2.75) is 5.37 Å². The molecular weight excluding hydrogens is 156 g/mol. The molecule has 1 N–H and O–H groups in total. The van der Waals surface area contributed by atoms with Crippen LogP contribution in [0.2, 0.25) is 0 Å². The summed E-state index contributed by atoms with van der Waals surface area (Å²) in [7, 11) is 0. The van der Waals surface area contributed by atoms with Crippen molar-refractivity contribution in [2.75, 3.05) is 12.3 Å². The summed E-state index contributed by atoms with van der Waals surface area (Å²) < 4.78 is 0. The number of thioether (sulfide) groups is 1. The minimum atomic E-state index is 0.498. The maximum Gasteiger partial charge on any atom is 0.0791 e. The minimum absolute atomic E-state index is 0.498. The second-order valence-electron chi connectivity index (χ2n) is 2.49. The SMILES string of the molecule is c1cc([C@H]2NCCS2)ccn1. The molecule has 0 aliphatic carbocycles. The standard InChI is InChI=1S/C8H10N2S/c1-3-9-4-2-7(1)8-10-5-6-11-8/h1-4,8,10H,5-6H2/t8-/m0/s1. The molecule has 58 valence electrons. The van der Waals surface area contributed by atoms with Gasteiger partial charge in [-0.25, -0.2) is 0 Å². The first kappa shape index (κ1) is 7.13. The third-order valence-electron chi connectivity index (χ3n) is 1.73. The summed E-state index contributed by atoms with van der Waals surface area (Å²) in [6.45, 7) is 1.12. The molecule has 0 aromatic carbocycles. The van der Waals surface area contributed by atoms with Crippen LogP contribution in [-0.4, -0.2) is 17.3 Å². The molecule has 2 rings (SSSR count). The monoisotopic (exact) mass is 166 g/mol. The van der Waals surface area contributed by atoms with E-state index in [9.17, 15) is 0 Å². The zero-order chi connectivity index (χ0) is 7.52. The number of pyridine rings is 1. The summed E-state index contributed by atoms with van der Waals surface area (Å²) in [5.74, 6) is 1.22. The highest BCUT2D eigenvalue weighted by atomic mass is 32.2. The van der Waals surface area contributed by atoms with Crippen molar-refractivity contribution in [1.82, 2.24) is 10.3 Å². The molecular formula is C8H10N2S. The highest BCUT2D eigenvalue weighted by molar-refractivity contribution is 7.99. The first-order valence-electron chi connectivity index (χ1n) is 3.72. The lowest BCUT2D eigenvalue weighted by Gasteiger charge is -2.07. The van der Waals surface area contributed by atoms with Crippen LogP contribution in [0.4, 0.5) is 0 Å². The molecule has 2 nitrogen and oxygen atoms in total. The van der Waals surface area contributed by atoms with E-state index in [2.05, 4.69) is 22.4 Å². The number of nitrogens with zero attached hydrogens (tertiary/aromatic N) is 1. The third-order valence-corrected chi connectivity index (χ3v) is 2.94. The molecule has 1 fully saturated rings. The van der Waals surface area contributed by atoms with Gasteiger partial charge in [0.05, 0.1) is 5.37 Å². The molecule has 3 heteroatoms. The average Bonchev–Trinajstić information content (AvgIpc) is 2.58. The van der Waals surface area contributed by atoms with E-state index in [-0.39, 0.29) is 0 Å². The Kier molecular flexibility index (Phi) is 2.10. The van der Waals surface area contributed by atoms with Crippen molar-refractivity contribution >= 4 is 11.8 Å². The molecule has 0 saturated carbocycles. The highest BCUT2D eigenvalue weighted by Crippen LogP contribution is 2.28. The minimum Gasteiger partial charge on any atom is -0.301 e. The van der Waals surface area contributed by atoms with Crippen LogP contribution in [0, 0.1) is 0 Å². The Labute approximate surface area is 70.4 Å². The third kappa shape index (κ3) is 1.54. The number of rotatable bonds is 1. The smallest absolute Gasteiger partial charge is 0.0791 e. The average molecular weight is 166 g/mol. The van der Waals surface area contributed by atoms with E-state index < -0.39 is 0 Å². The lowest BCUT2D eigenvalue weighted by Crippen LogP contribution is -2.11. The summed E-state index contributed by atoms with van der Waals surface area (Å²) in [6, 6.07) is 4.13. The molecule has 11 heavy (non-hydrogen) atoms. The van der Waals surface area contributed by atoms with Crippen LogP contribution in [0.15, 0.2) is 24.5 Å². The van der Waals surface area contributed by atoms with Crippen molar-refractivity contribution in [2.24, 2.45) is 0 Å². The number of hydrogen-bond donors (Lipinski definition) is 1. The maximum absolute atomic E-state index is 3.98. The number of aromatic nitrogens is 1. The fraction of sp³-hybridized carbons (Fsp3) is 0.375. The molecule has 0 spiro atoms. The second-order valence-corrected chi connectivity index (χ2v) is 3.70. The van der Waals surface area contributed by atoms with Crippen LogP contribution in [0.1, 0.15) is 10.9 Å². The predicted molar refractivity (Wildman–Crippen MR) is 47.4 cm³/mol. The van der Waals surface area contributed by atoms with Crippen molar-refractivity contribution in [1.29, 1.82) is 0 Å². The molecule has 0 radical (unpaired) electrons. The zero-order valence-electron chi connectivity index (χ0n) is 6.16. The molecule has 0 bridgehead atoms. The molecule has 1 saturated heterocycles. The van der Waals surface area contributed by atoms with Gasteiger partial charge >= 0.3 is 0 Å². The Morgan fingerprint density at radius 3 is 2.91 bits per heavy atom. The molecule has 1 aromatic rings. The predicted octanol–water partition coefficient (Wildman–Crippen LogP) is 1.42. The van der Waals surface area contributed by atoms with E-state index in [4.69, 9.17) is 0 Å². The maximum atomic E-state index is 3.98. The van der Waals surface area contributed by atoms with Crippen molar-refractivity contribution in [3.63, 3.8) is 0 Å². The molecule has 0 amide bonds. The van der Waals surface area contributed by atoms with Crippen molar-refractivity contribution in [3.05, 3.63) is 30.1 Å². The van der Waals surface area contributed by atoms with Crippen LogP contribution in [0.25, 0.3) is 0 Å². The van der Waals surface area contributed by atoms with Crippen LogP contribution in [0.5, 0.6) is 0 Å². The van der Waals surface area contributed by atoms with E-state index in [0.29, 0.717) is 5.37 Å². The molecule has 1 aliphatic rings. The Morgan fingerprint density at radius 1 is 1.45 bits per heavy atom. The van der Waals surface area contributed by atoms with Gasteiger partial charge in [0.25, 0.3) is 0 Å². The number of hydrogen-bond acceptors (Lipinski definition) is 3. The molecule has 0 unspecified atom stereocenters. The fourth-order valence-corrected chi connectivity index (χ4v) is 2.23. The van der Waals surface area contributed by atoms with Crippen LogP contribution >= 0.6 is 11.8 Å². The second kappa shape index (κ2) is 3.24. The first-order chi connectivity index (χ1) is 5.47. The van der Waals surface area contributed by atoms with E-state index in [1.165, 1.54) is 11.3 Å². The molecule has 1 aliphatic heterocycles. The van der Waals surface area contributed by atoms with Crippen LogP contribution < -0.4 is 5.32 Å². The highest BCUT2D eigenvalue weighted by Gasteiger charge is 2.15. The topological polar surface area (TPSA) is 24.9 Å². The van der Waals surface area contributed by atoms with Gasteiger partial charge in [-0.3, -0.25) is 4.98 Å². The summed E-state index contributed by atoms with van der Waals surface area (Å²) in [5, 5.41) is 3.91. The zero-order valence-corrected chi connectivity index (χ0v) is 6.97. The summed E-state index contributed by atoms with van der Waals surface area (Å²) in [6.07, 6.45) is 3.69. The summed E-state index contributed by atoms with van der Waals surface area (Å²) in [4.78, 5) is 3.98. The molecule has 1 aromatic heterocycles.